The Labute approximate surface area is 143 Å². The molecule has 3 rings (SSSR count). The van der Waals surface area contributed by atoms with Gasteiger partial charge in [-0.25, -0.2) is 4.79 Å². The number of nitrogens with zero attached hydrogens (tertiary/aromatic N) is 2. The lowest BCUT2D eigenvalue weighted by Gasteiger charge is -2.37. The molecule has 2 heterocycles. The summed E-state index contributed by atoms with van der Waals surface area (Å²) in [6.07, 6.45) is 9.32. The predicted octanol–water partition coefficient (Wildman–Crippen LogP) is 1.30. The first-order chi connectivity index (χ1) is 11.6. The zero-order valence-corrected chi connectivity index (χ0v) is 14.2. The van der Waals surface area contributed by atoms with E-state index in [9.17, 15) is 9.90 Å². The quantitative estimate of drug-likeness (QED) is 0.734. The van der Waals surface area contributed by atoms with Crippen LogP contribution in [0.25, 0.3) is 0 Å². The number of hydrogen-bond acceptors (Lipinski definition) is 4. The lowest BCUT2D eigenvalue weighted by Crippen LogP contribution is -2.53. The van der Waals surface area contributed by atoms with Gasteiger partial charge >= 0.3 is 6.03 Å². The molecule has 0 unspecified atom stereocenters. The fraction of sp³-hybridized carbons (Fsp3) is 0.667. The van der Waals surface area contributed by atoms with Crippen LogP contribution in [0, 0.1) is 0 Å². The van der Waals surface area contributed by atoms with Crippen LogP contribution in [0.3, 0.4) is 0 Å². The van der Waals surface area contributed by atoms with Gasteiger partial charge in [-0.3, -0.25) is 4.98 Å². The second kappa shape index (κ2) is 7.94. The van der Waals surface area contributed by atoms with Gasteiger partial charge in [-0.05, 0) is 56.2 Å². The van der Waals surface area contributed by atoms with E-state index in [1.807, 2.05) is 12.4 Å². The first-order valence-corrected chi connectivity index (χ1v) is 9.01. The third-order valence-corrected chi connectivity index (χ3v) is 5.25. The van der Waals surface area contributed by atoms with Crippen molar-refractivity contribution < 1.29 is 9.90 Å². The number of nitrogens with one attached hydrogen (secondary N) is 2. The summed E-state index contributed by atoms with van der Waals surface area (Å²) < 4.78 is 0. The van der Waals surface area contributed by atoms with Gasteiger partial charge in [0.1, 0.15) is 0 Å². The van der Waals surface area contributed by atoms with Crippen LogP contribution >= 0.6 is 0 Å². The van der Waals surface area contributed by atoms with Gasteiger partial charge in [-0.2, -0.15) is 0 Å². The van der Waals surface area contributed by atoms with E-state index in [4.69, 9.17) is 0 Å². The number of aliphatic hydroxyl groups is 1. The maximum Gasteiger partial charge on any atom is 0.315 e. The summed E-state index contributed by atoms with van der Waals surface area (Å²) in [6, 6.07) is 4.22. The molecule has 0 spiro atoms. The molecule has 1 saturated carbocycles. The molecule has 6 nitrogen and oxygen atoms in total. The molecule has 1 saturated heterocycles. The molecule has 2 aliphatic rings. The average Bonchev–Trinajstić information content (AvgIpc) is 2.59. The number of carbonyl (C=O) groups is 1. The number of hydrogen-bond donors (Lipinski definition) is 3. The Morgan fingerprint density at radius 2 is 2.00 bits per heavy atom. The monoisotopic (exact) mass is 332 g/mol. The Morgan fingerprint density at radius 1 is 1.29 bits per heavy atom. The first-order valence-electron chi connectivity index (χ1n) is 9.01. The number of pyridine rings is 1. The molecule has 0 aromatic carbocycles. The highest BCUT2D eigenvalue weighted by molar-refractivity contribution is 5.74. The standard InChI is InChI=1S/C18H28N4O2/c23-17(20-14-18(24)7-1-8-18)21-16-5-12-22(13-6-16)11-4-15-2-9-19-10-3-15/h2-3,9-10,16,24H,1,4-8,11-14H2,(H2,20,21,23). The molecule has 0 atom stereocenters. The largest absolute Gasteiger partial charge is 0.388 e. The van der Waals surface area contributed by atoms with E-state index in [2.05, 4.69) is 32.7 Å². The molecule has 1 aliphatic heterocycles. The molecule has 132 valence electrons. The van der Waals surface area contributed by atoms with Crippen LogP contribution in [0.15, 0.2) is 24.5 Å². The fourth-order valence-electron chi connectivity index (χ4n) is 3.38. The van der Waals surface area contributed by atoms with Gasteiger partial charge in [0.2, 0.25) is 0 Å². The Bertz CT molecular complexity index is 525. The molecule has 24 heavy (non-hydrogen) atoms. The Kier molecular flexibility index (Phi) is 5.68. The summed E-state index contributed by atoms with van der Waals surface area (Å²) in [5.74, 6) is 0. The van der Waals surface area contributed by atoms with Crippen LogP contribution in [-0.2, 0) is 6.42 Å². The Morgan fingerprint density at radius 3 is 2.62 bits per heavy atom. The summed E-state index contributed by atoms with van der Waals surface area (Å²) in [5.41, 5.74) is 0.659. The SMILES string of the molecule is O=C(NCC1(O)CCC1)NC1CCN(CCc2ccncc2)CC1. The molecule has 3 N–H and O–H groups in total. The van der Waals surface area contributed by atoms with Crippen molar-refractivity contribution in [1.29, 1.82) is 0 Å². The number of piperidine rings is 1. The molecule has 2 amide bonds. The minimum Gasteiger partial charge on any atom is -0.388 e. The highest BCUT2D eigenvalue weighted by Gasteiger charge is 2.34. The van der Waals surface area contributed by atoms with E-state index in [1.165, 1.54) is 5.56 Å². The Balaban J connectivity index is 1.31. The van der Waals surface area contributed by atoms with Gasteiger partial charge < -0.3 is 20.6 Å². The summed E-state index contributed by atoms with van der Waals surface area (Å²) in [4.78, 5) is 18.4. The van der Waals surface area contributed by atoms with Crippen molar-refractivity contribution in [2.24, 2.45) is 0 Å². The van der Waals surface area contributed by atoms with Crippen LogP contribution in [0.2, 0.25) is 0 Å². The van der Waals surface area contributed by atoms with Crippen molar-refractivity contribution in [1.82, 2.24) is 20.5 Å². The molecule has 6 heteroatoms. The highest BCUT2D eigenvalue weighted by Crippen LogP contribution is 2.30. The zero-order valence-electron chi connectivity index (χ0n) is 14.2. The van der Waals surface area contributed by atoms with Gasteiger partial charge in [0.05, 0.1) is 5.60 Å². The molecule has 1 aliphatic carbocycles. The van der Waals surface area contributed by atoms with E-state index in [1.54, 1.807) is 0 Å². The number of carbonyl (C=O) groups excluding carboxylic acids is 1. The molecule has 1 aromatic heterocycles. The van der Waals surface area contributed by atoms with Crippen molar-refractivity contribution in [3.63, 3.8) is 0 Å². The molecule has 0 bridgehead atoms. The van der Waals surface area contributed by atoms with Crippen molar-refractivity contribution in [3.8, 4) is 0 Å². The van der Waals surface area contributed by atoms with Gasteiger partial charge in [-0.1, -0.05) is 0 Å². The van der Waals surface area contributed by atoms with Crippen molar-refractivity contribution in [3.05, 3.63) is 30.1 Å². The van der Waals surface area contributed by atoms with E-state index < -0.39 is 5.60 Å². The van der Waals surface area contributed by atoms with Crippen LogP contribution in [-0.4, -0.2) is 58.8 Å². The van der Waals surface area contributed by atoms with Gasteiger partial charge in [-0.15, -0.1) is 0 Å². The van der Waals surface area contributed by atoms with Crippen molar-refractivity contribution in [2.45, 2.75) is 50.2 Å². The molecular formula is C18H28N4O2. The van der Waals surface area contributed by atoms with Crippen molar-refractivity contribution in [2.75, 3.05) is 26.2 Å². The summed E-state index contributed by atoms with van der Waals surface area (Å²) in [6.45, 7) is 3.44. The zero-order chi connectivity index (χ0) is 16.8. The third-order valence-electron chi connectivity index (χ3n) is 5.25. The lowest BCUT2D eigenvalue weighted by molar-refractivity contribution is -0.0290. The fourth-order valence-corrected chi connectivity index (χ4v) is 3.38. The smallest absolute Gasteiger partial charge is 0.315 e. The van der Waals surface area contributed by atoms with Crippen LogP contribution in [0.1, 0.15) is 37.7 Å². The van der Waals surface area contributed by atoms with Crippen LogP contribution in [0.5, 0.6) is 0 Å². The van der Waals surface area contributed by atoms with E-state index in [0.29, 0.717) is 6.54 Å². The number of rotatable bonds is 6. The maximum atomic E-state index is 11.9. The molecule has 1 aromatic rings. The van der Waals surface area contributed by atoms with Gasteiger partial charge in [0.15, 0.2) is 0 Å². The molecule has 2 fully saturated rings. The summed E-state index contributed by atoms with van der Waals surface area (Å²) in [5, 5.41) is 15.8. The van der Waals surface area contributed by atoms with E-state index in [0.717, 1.165) is 58.2 Å². The predicted molar refractivity (Wildman–Crippen MR) is 92.7 cm³/mol. The minimum atomic E-state index is -0.659. The number of likely N-dealkylation sites (tertiary alicyclic amines) is 1. The average molecular weight is 332 g/mol. The van der Waals surface area contributed by atoms with E-state index >= 15 is 0 Å². The maximum absolute atomic E-state index is 11.9. The van der Waals surface area contributed by atoms with Crippen LogP contribution < -0.4 is 10.6 Å². The van der Waals surface area contributed by atoms with E-state index in [-0.39, 0.29) is 12.1 Å². The van der Waals surface area contributed by atoms with Crippen LogP contribution in [0.4, 0.5) is 4.79 Å². The number of amides is 2. The Hall–Kier alpha value is -1.66. The normalized spacial score (nSPS) is 21.0. The first kappa shape index (κ1) is 17.2. The molecule has 0 radical (unpaired) electrons. The number of urea groups is 1. The third kappa shape index (κ3) is 4.92. The minimum absolute atomic E-state index is 0.148. The molecular weight excluding hydrogens is 304 g/mol. The second-order valence-electron chi connectivity index (χ2n) is 7.13. The summed E-state index contributed by atoms with van der Waals surface area (Å²) in [7, 11) is 0. The summed E-state index contributed by atoms with van der Waals surface area (Å²) >= 11 is 0. The van der Waals surface area contributed by atoms with Gasteiger partial charge in [0, 0.05) is 44.6 Å². The van der Waals surface area contributed by atoms with Gasteiger partial charge in [0.25, 0.3) is 0 Å². The topological polar surface area (TPSA) is 77.5 Å². The number of aromatic nitrogens is 1. The highest BCUT2D eigenvalue weighted by atomic mass is 16.3. The second-order valence-corrected chi connectivity index (χ2v) is 7.13. The van der Waals surface area contributed by atoms with Crippen molar-refractivity contribution >= 4 is 6.03 Å². The lowest BCUT2D eigenvalue weighted by atomic mass is 9.80.